The monoisotopic (exact) mass is 232 g/mol. The topological polar surface area (TPSA) is 107 Å². The molecule has 2 N–H and O–H groups in total. The number of nitrogens with zero attached hydrogens (tertiary/aromatic N) is 2. The molecule has 0 bridgehead atoms. The fraction of sp³-hybridized carbons (Fsp3) is 0.182. The van der Waals surface area contributed by atoms with E-state index < -0.39 is 12.1 Å². The van der Waals surface area contributed by atoms with E-state index in [0.29, 0.717) is 16.7 Å². The Morgan fingerprint density at radius 2 is 2.35 bits per heavy atom. The van der Waals surface area contributed by atoms with Crippen LogP contribution < -0.4 is 0 Å². The van der Waals surface area contributed by atoms with Crippen LogP contribution in [0.2, 0.25) is 0 Å². The van der Waals surface area contributed by atoms with Crippen molar-refractivity contribution in [2.45, 2.75) is 12.5 Å². The van der Waals surface area contributed by atoms with Crippen LogP contribution in [0.15, 0.2) is 22.6 Å². The van der Waals surface area contributed by atoms with Crippen LogP contribution in [0.3, 0.4) is 0 Å². The van der Waals surface area contributed by atoms with Gasteiger partial charge < -0.3 is 14.6 Å². The molecule has 2 rings (SSSR count). The molecule has 1 aromatic heterocycles. The zero-order chi connectivity index (χ0) is 12.4. The van der Waals surface area contributed by atoms with Crippen LogP contribution in [0.1, 0.15) is 17.6 Å². The van der Waals surface area contributed by atoms with E-state index in [1.807, 2.05) is 6.07 Å². The van der Waals surface area contributed by atoms with Crippen molar-refractivity contribution < 1.29 is 19.4 Å². The standard InChI is InChI=1S/C11H8N2O4/c12-5-4-6-2-1-3-7-9(6)17-10(13-7)8(14)11(15)16/h1-3,8,14H,4H2,(H,15,16). The van der Waals surface area contributed by atoms with Crippen LogP contribution in [-0.2, 0) is 11.2 Å². The Bertz CT molecular complexity index is 611. The van der Waals surface area contributed by atoms with Gasteiger partial charge in [0.15, 0.2) is 5.58 Å². The fourth-order valence-corrected chi connectivity index (χ4v) is 1.47. The number of para-hydroxylation sites is 1. The Kier molecular flexibility index (Phi) is 2.77. The molecule has 0 radical (unpaired) electrons. The van der Waals surface area contributed by atoms with Gasteiger partial charge in [0, 0.05) is 5.56 Å². The smallest absolute Gasteiger partial charge is 0.342 e. The average Bonchev–Trinajstić information content (AvgIpc) is 2.73. The van der Waals surface area contributed by atoms with E-state index in [1.165, 1.54) is 0 Å². The van der Waals surface area contributed by atoms with Gasteiger partial charge in [-0.3, -0.25) is 0 Å². The highest BCUT2D eigenvalue weighted by Gasteiger charge is 2.23. The van der Waals surface area contributed by atoms with Crippen molar-refractivity contribution in [2.24, 2.45) is 0 Å². The molecule has 0 saturated heterocycles. The van der Waals surface area contributed by atoms with Gasteiger partial charge in [-0.15, -0.1) is 0 Å². The maximum atomic E-state index is 10.6. The Morgan fingerprint density at radius 3 is 3.00 bits per heavy atom. The summed E-state index contributed by atoms with van der Waals surface area (Å²) in [4.78, 5) is 14.5. The van der Waals surface area contributed by atoms with Crippen LogP contribution in [-0.4, -0.2) is 21.2 Å². The number of carboxylic acid groups (broad SMARTS) is 1. The molecule has 6 nitrogen and oxygen atoms in total. The van der Waals surface area contributed by atoms with Crippen LogP contribution in [0, 0.1) is 11.3 Å². The van der Waals surface area contributed by atoms with E-state index in [4.69, 9.17) is 14.8 Å². The van der Waals surface area contributed by atoms with Crippen molar-refractivity contribution in [3.63, 3.8) is 0 Å². The van der Waals surface area contributed by atoms with Crippen LogP contribution in [0.25, 0.3) is 11.1 Å². The number of carboxylic acids is 1. The van der Waals surface area contributed by atoms with Gasteiger partial charge in [0.25, 0.3) is 0 Å². The van der Waals surface area contributed by atoms with Crippen molar-refractivity contribution in [1.29, 1.82) is 5.26 Å². The second-order valence-corrected chi connectivity index (χ2v) is 3.39. The van der Waals surface area contributed by atoms with E-state index in [2.05, 4.69) is 4.98 Å². The number of aliphatic hydroxyl groups excluding tert-OH is 1. The van der Waals surface area contributed by atoms with E-state index in [-0.39, 0.29) is 12.3 Å². The first kappa shape index (κ1) is 11.1. The molecular weight excluding hydrogens is 224 g/mol. The van der Waals surface area contributed by atoms with E-state index in [1.54, 1.807) is 18.2 Å². The zero-order valence-corrected chi connectivity index (χ0v) is 8.62. The van der Waals surface area contributed by atoms with E-state index in [0.717, 1.165) is 0 Å². The molecule has 0 aliphatic heterocycles. The van der Waals surface area contributed by atoms with Crippen molar-refractivity contribution in [3.05, 3.63) is 29.7 Å². The highest BCUT2D eigenvalue weighted by Crippen LogP contribution is 2.23. The lowest BCUT2D eigenvalue weighted by molar-refractivity contribution is -0.148. The lowest BCUT2D eigenvalue weighted by Crippen LogP contribution is -2.10. The predicted molar refractivity (Wildman–Crippen MR) is 55.9 cm³/mol. The summed E-state index contributed by atoms with van der Waals surface area (Å²) in [6, 6.07) is 6.97. The summed E-state index contributed by atoms with van der Waals surface area (Å²) in [5.74, 6) is -1.71. The van der Waals surface area contributed by atoms with Gasteiger partial charge in [-0.2, -0.15) is 5.26 Å². The number of benzene rings is 1. The van der Waals surface area contributed by atoms with Crippen molar-refractivity contribution >= 4 is 17.1 Å². The van der Waals surface area contributed by atoms with Gasteiger partial charge in [0.05, 0.1) is 12.5 Å². The third-order valence-corrected chi connectivity index (χ3v) is 2.25. The molecule has 1 aromatic carbocycles. The van der Waals surface area contributed by atoms with Gasteiger partial charge in [0.1, 0.15) is 5.52 Å². The zero-order valence-electron chi connectivity index (χ0n) is 8.62. The summed E-state index contributed by atoms with van der Waals surface area (Å²) in [6.45, 7) is 0. The molecule has 2 aromatic rings. The number of hydrogen-bond acceptors (Lipinski definition) is 5. The molecule has 86 valence electrons. The van der Waals surface area contributed by atoms with E-state index in [9.17, 15) is 9.90 Å². The normalized spacial score (nSPS) is 12.2. The van der Waals surface area contributed by atoms with Gasteiger partial charge in [-0.25, -0.2) is 9.78 Å². The lowest BCUT2D eigenvalue weighted by atomic mass is 10.1. The van der Waals surface area contributed by atoms with Crippen molar-refractivity contribution in [2.75, 3.05) is 0 Å². The van der Waals surface area contributed by atoms with Gasteiger partial charge >= 0.3 is 5.97 Å². The minimum atomic E-state index is -1.79. The summed E-state index contributed by atoms with van der Waals surface area (Å²) in [6.07, 6.45) is -1.66. The molecule has 0 amide bonds. The second-order valence-electron chi connectivity index (χ2n) is 3.39. The Labute approximate surface area is 95.7 Å². The second kappa shape index (κ2) is 4.23. The van der Waals surface area contributed by atoms with Crippen LogP contribution in [0.4, 0.5) is 0 Å². The molecule has 0 saturated carbocycles. The number of fused-ring (bicyclic) bond motifs is 1. The van der Waals surface area contributed by atoms with Gasteiger partial charge in [0.2, 0.25) is 12.0 Å². The Balaban J connectivity index is 2.54. The molecule has 6 heteroatoms. The Hall–Kier alpha value is -2.39. The number of hydrogen-bond donors (Lipinski definition) is 2. The number of rotatable bonds is 3. The fourth-order valence-electron chi connectivity index (χ4n) is 1.47. The third-order valence-electron chi connectivity index (χ3n) is 2.25. The number of aliphatic carboxylic acids is 1. The molecule has 0 spiro atoms. The molecule has 0 aliphatic rings. The maximum Gasteiger partial charge on any atom is 0.342 e. The summed E-state index contributed by atoms with van der Waals surface area (Å²) in [5.41, 5.74) is 1.37. The SMILES string of the molecule is N#CCc1cccc2nc(C(O)C(=O)O)oc12. The predicted octanol–water partition coefficient (Wildman–Crippen LogP) is 1.01. The highest BCUT2D eigenvalue weighted by molar-refractivity contribution is 5.79. The quantitative estimate of drug-likeness (QED) is 0.817. The van der Waals surface area contributed by atoms with Gasteiger partial charge in [-0.1, -0.05) is 12.1 Å². The van der Waals surface area contributed by atoms with Crippen LogP contribution >= 0.6 is 0 Å². The first-order valence-electron chi connectivity index (χ1n) is 4.79. The van der Waals surface area contributed by atoms with Crippen LogP contribution in [0.5, 0.6) is 0 Å². The molecule has 1 atom stereocenters. The molecule has 1 unspecified atom stereocenters. The lowest BCUT2D eigenvalue weighted by Gasteiger charge is -1.97. The minimum absolute atomic E-state index is 0.134. The first-order valence-corrected chi connectivity index (χ1v) is 4.79. The minimum Gasteiger partial charge on any atom is -0.479 e. The van der Waals surface area contributed by atoms with E-state index >= 15 is 0 Å². The maximum absolute atomic E-state index is 10.6. The molecule has 1 heterocycles. The molecule has 17 heavy (non-hydrogen) atoms. The highest BCUT2D eigenvalue weighted by atomic mass is 16.4. The Morgan fingerprint density at radius 1 is 1.59 bits per heavy atom. The summed E-state index contributed by atoms with van der Waals surface area (Å²) >= 11 is 0. The number of aliphatic hydroxyl groups is 1. The molecule has 0 aliphatic carbocycles. The van der Waals surface area contributed by atoms with Crippen molar-refractivity contribution in [1.82, 2.24) is 4.98 Å². The van der Waals surface area contributed by atoms with Crippen molar-refractivity contribution in [3.8, 4) is 6.07 Å². The molecular formula is C11H8N2O4. The number of nitriles is 1. The average molecular weight is 232 g/mol. The largest absolute Gasteiger partial charge is 0.479 e. The number of oxazole rings is 1. The summed E-state index contributed by atoms with van der Waals surface area (Å²) in [5, 5.41) is 26.6. The third kappa shape index (κ3) is 1.96. The number of carbonyl (C=O) groups is 1. The van der Waals surface area contributed by atoms with Gasteiger partial charge in [-0.05, 0) is 6.07 Å². The summed E-state index contributed by atoms with van der Waals surface area (Å²) in [7, 11) is 0. The number of aromatic nitrogens is 1. The molecule has 0 fully saturated rings. The summed E-state index contributed by atoms with van der Waals surface area (Å²) < 4.78 is 5.18. The first-order chi connectivity index (χ1) is 8.13.